The lowest BCUT2D eigenvalue weighted by Gasteiger charge is -2.46. The van der Waals surface area contributed by atoms with Gasteiger partial charge in [-0.3, -0.25) is 0 Å². The van der Waals surface area contributed by atoms with Gasteiger partial charge in [0.15, 0.2) is 11.5 Å². The van der Waals surface area contributed by atoms with Gasteiger partial charge in [0, 0.05) is 62.1 Å². The summed E-state index contributed by atoms with van der Waals surface area (Å²) in [4.78, 5) is 7.82. The van der Waals surface area contributed by atoms with E-state index in [1.54, 1.807) is 0 Å². The summed E-state index contributed by atoms with van der Waals surface area (Å²) in [7, 11) is 0. The van der Waals surface area contributed by atoms with Crippen LogP contribution in [0.25, 0.3) is 33.0 Å². The van der Waals surface area contributed by atoms with Gasteiger partial charge in [-0.05, 0) is 178 Å². The summed E-state index contributed by atoms with van der Waals surface area (Å²) >= 11 is 0. The fourth-order valence-electron chi connectivity index (χ4n) is 15.6. The van der Waals surface area contributed by atoms with Gasteiger partial charge in [0.2, 0.25) is 0 Å². The van der Waals surface area contributed by atoms with Crippen molar-refractivity contribution in [2.75, 3.05) is 27.9 Å². The van der Waals surface area contributed by atoms with E-state index in [0.29, 0.717) is 13.2 Å². The highest BCUT2D eigenvalue weighted by Crippen LogP contribution is 2.61. The van der Waals surface area contributed by atoms with E-state index in [-0.39, 0.29) is 28.4 Å². The van der Waals surface area contributed by atoms with Gasteiger partial charge in [-0.2, -0.15) is 0 Å². The second-order valence-corrected chi connectivity index (χ2v) is 28.1. The lowest BCUT2D eigenvalue weighted by molar-refractivity contribution is 0.172. The molecule has 10 aromatic carbocycles. The first-order chi connectivity index (χ1) is 39.7. The molecule has 1 atom stereocenters. The zero-order chi connectivity index (χ0) is 57.0. The van der Waals surface area contributed by atoms with Crippen LogP contribution >= 0.6 is 0 Å². The number of benzene rings is 10. The molecule has 408 valence electrons. The summed E-state index contributed by atoms with van der Waals surface area (Å²) in [5.74, 6) is 1.57. The van der Waals surface area contributed by atoms with Crippen LogP contribution in [-0.4, -0.2) is 19.9 Å². The van der Waals surface area contributed by atoms with Gasteiger partial charge in [0.25, 0.3) is 6.71 Å². The van der Waals surface area contributed by atoms with Crippen LogP contribution < -0.4 is 40.6 Å². The molecule has 0 saturated carbocycles. The Morgan fingerprint density at radius 1 is 0.386 bits per heavy atom. The molecule has 0 saturated heterocycles. The van der Waals surface area contributed by atoms with Gasteiger partial charge in [-0.1, -0.05) is 185 Å². The normalized spacial score (nSPS) is 17.3. The van der Waals surface area contributed by atoms with E-state index in [0.717, 1.165) is 57.0 Å². The number of nitrogens with zero attached hydrogens (tertiary/aromatic N) is 3. The van der Waals surface area contributed by atoms with Crippen LogP contribution in [0.3, 0.4) is 0 Å². The van der Waals surface area contributed by atoms with Crippen molar-refractivity contribution >= 4 is 85.1 Å². The molecule has 0 aromatic heterocycles. The predicted molar refractivity (Wildman–Crippen MR) is 348 cm³/mol. The van der Waals surface area contributed by atoms with E-state index in [9.17, 15) is 0 Å². The van der Waals surface area contributed by atoms with Crippen molar-refractivity contribution in [1.82, 2.24) is 0 Å². The molecule has 4 heterocycles. The average Bonchev–Trinajstić information content (AvgIpc) is 1.80. The minimum absolute atomic E-state index is 0.0198. The SMILES string of the molecule is CC(C)(C)c1ccc(N2c3ccc(C(C)(C)C)cc3B3c4cc5c(cc4N4c6ccc(C(C)(C)C)c(c6)C6(C)c7ccccc7-c7c6cc(c6ccccc76)N(c6ccc7c(c6)C(C)(C)c6ccccc6-7)c6cc2c3c4c6)OCCO5)cc1. The molecule has 1 unspecified atom stereocenters. The van der Waals surface area contributed by atoms with Crippen molar-refractivity contribution in [2.45, 2.75) is 110 Å². The Morgan fingerprint density at radius 3 is 1.66 bits per heavy atom. The molecule has 6 heteroatoms. The first-order valence-electron chi connectivity index (χ1n) is 30.0. The molecule has 0 amide bonds. The standard InChI is InChI=1S/C77H70BN3O2/c1-73(2,3)45-25-28-47(29-26-45)80-64-34-27-46(74(4,5)6)37-62(64)78-63-43-69-70(83-36-35-82-69)44-66(63)81-49-31-33-58(75(7,8)9)60(39-49)77(12)57-24-18-16-22-55(57)71-54-21-14-13-20-53(54)65(42-61(71)77)79(50-40-67(80)72(78)68(81)41-50)48-30-32-52-51-19-15-17-23-56(51)76(10,11)59(52)38-48/h13-34,37-44H,35-36H2,1-12H3. The number of hydrogen-bond donors (Lipinski definition) is 0. The van der Waals surface area contributed by atoms with E-state index in [2.05, 4.69) is 280 Å². The molecular formula is C77H70BN3O2. The minimum Gasteiger partial charge on any atom is -0.486 e. The third kappa shape index (κ3) is 6.96. The Bertz CT molecular complexity index is 4470. The molecule has 0 spiro atoms. The van der Waals surface area contributed by atoms with E-state index >= 15 is 0 Å². The molecule has 16 rings (SSSR count). The van der Waals surface area contributed by atoms with Crippen molar-refractivity contribution in [2.24, 2.45) is 0 Å². The van der Waals surface area contributed by atoms with Crippen molar-refractivity contribution in [3.05, 3.63) is 226 Å². The quantitative estimate of drug-likeness (QED) is 0.161. The highest BCUT2D eigenvalue weighted by Gasteiger charge is 2.49. The predicted octanol–water partition coefficient (Wildman–Crippen LogP) is 18.0. The maximum absolute atomic E-state index is 6.64. The number of anilines is 9. The second kappa shape index (κ2) is 16.8. The topological polar surface area (TPSA) is 28.2 Å². The van der Waals surface area contributed by atoms with Gasteiger partial charge in [0.1, 0.15) is 13.2 Å². The summed E-state index contributed by atoms with van der Waals surface area (Å²) in [6.07, 6.45) is 0. The van der Waals surface area contributed by atoms with Gasteiger partial charge >= 0.3 is 0 Å². The van der Waals surface area contributed by atoms with Crippen molar-refractivity contribution < 1.29 is 9.47 Å². The van der Waals surface area contributed by atoms with E-state index < -0.39 is 5.41 Å². The maximum Gasteiger partial charge on any atom is 0.252 e. The lowest BCUT2D eigenvalue weighted by Crippen LogP contribution is -2.61. The molecular weight excluding hydrogens is 1010 g/mol. The smallest absolute Gasteiger partial charge is 0.252 e. The fourth-order valence-corrected chi connectivity index (χ4v) is 15.6. The number of rotatable bonds is 2. The van der Waals surface area contributed by atoms with Crippen LogP contribution in [-0.2, 0) is 27.1 Å². The molecule has 6 bridgehead atoms. The second-order valence-electron chi connectivity index (χ2n) is 28.1. The molecule has 5 nitrogen and oxygen atoms in total. The Morgan fingerprint density at radius 2 is 0.952 bits per heavy atom. The van der Waals surface area contributed by atoms with Crippen molar-refractivity contribution in [3.8, 4) is 33.8 Å². The summed E-state index contributed by atoms with van der Waals surface area (Å²) < 4.78 is 13.3. The zero-order valence-electron chi connectivity index (χ0n) is 50.0. The minimum atomic E-state index is -0.560. The third-order valence-electron chi connectivity index (χ3n) is 19.8. The van der Waals surface area contributed by atoms with Gasteiger partial charge < -0.3 is 24.2 Å². The number of ether oxygens (including phenoxy) is 2. The van der Waals surface area contributed by atoms with Crippen molar-refractivity contribution in [3.63, 3.8) is 0 Å². The van der Waals surface area contributed by atoms with Gasteiger partial charge in [-0.15, -0.1) is 0 Å². The summed E-state index contributed by atoms with van der Waals surface area (Å²) in [5.41, 5.74) is 28.6. The molecule has 2 aliphatic carbocycles. The highest BCUT2D eigenvalue weighted by atomic mass is 16.6. The van der Waals surface area contributed by atoms with Crippen LogP contribution in [0, 0.1) is 0 Å². The molecule has 0 fully saturated rings. The Hall–Kier alpha value is -8.48. The molecule has 83 heavy (non-hydrogen) atoms. The monoisotopic (exact) mass is 1080 g/mol. The number of fused-ring (bicyclic) bond motifs is 21. The zero-order valence-corrected chi connectivity index (χ0v) is 50.0. The lowest BCUT2D eigenvalue weighted by atomic mass is 9.33. The third-order valence-corrected chi connectivity index (χ3v) is 19.8. The molecule has 10 aromatic rings. The first kappa shape index (κ1) is 50.3. The summed E-state index contributed by atoms with van der Waals surface area (Å²) in [6.45, 7) is 29.3. The van der Waals surface area contributed by atoms with Crippen LogP contribution in [0.15, 0.2) is 182 Å². The molecule has 0 N–H and O–H groups in total. The van der Waals surface area contributed by atoms with Crippen LogP contribution in [0.1, 0.15) is 128 Å². The molecule has 0 radical (unpaired) electrons. The van der Waals surface area contributed by atoms with Crippen LogP contribution in [0.2, 0.25) is 0 Å². The summed E-state index contributed by atoms with van der Waals surface area (Å²) in [6, 6.07) is 71.3. The first-order valence-corrected chi connectivity index (χ1v) is 30.0. The Labute approximate surface area is 490 Å². The van der Waals surface area contributed by atoms with E-state index in [4.69, 9.17) is 9.47 Å². The molecule has 4 aliphatic heterocycles. The van der Waals surface area contributed by atoms with Crippen molar-refractivity contribution in [1.29, 1.82) is 0 Å². The average molecular weight is 1080 g/mol. The number of hydrogen-bond acceptors (Lipinski definition) is 5. The summed E-state index contributed by atoms with van der Waals surface area (Å²) in [5, 5.41) is 2.46. The van der Waals surface area contributed by atoms with Crippen LogP contribution in [0.4, 0.5) is 51.2 Å². The largest absolute Gasteiger partial charge is 0.486 e. The Kier molecular flexibility index (Phi) is 10.2. The van der Waals surface area contributed by atoms with E-state index in [1.165, 1.54) is 99.6 Å². The van der Waals surface area contributed by atoms with Crippen LogP contribution in [0.5, 0.6) is 11.5 Å². The van der Waals surface area contributed by atoms with E-state index in [1.807, 2.05) is 0 Å². The molecule has 6 aliphatic rings. The highest BCUT2D eigenvalue weighted by molar-refractivity contribution is 7.00. The fraction of sp³-hybridized carbons (Fsp3) is 0.247. The van der Waals surface area contributed by atoms with Gasteiger partial charge in [0.05, 0.1) is 11.4 Å². The maximum atomic E-state index is 6.64. The Balaban J connectivity index is 1.10. The van der Waals surface area contributed by atoms with Gasteiger partial charge in [-0.25, -0.2) is 0 Å².